The Labute approximate surface area is 154 Å². The van der Waals surface area contributed by atoms with Gasteiger partial charge >= 0.3 is 0 Å². The molecule has 0 aliphatic heterocycles. The summed E-state index contributed by atoms with van der Waals surface area (Å²) in [5.41, 5.74) is -0.0713. The molecular weight excluding hydrogens is 334 g/mol. The highest BCUT2D eigenvalue weighted by Crippen LogP contribution is 2.14. The van der Waals surface area contributed by atoms with Crippen LogP contribution in [0.4, 0.5) is 0 Å². The van der Waals surface area contributed by atoms with E-state index in [0.29, 0.717) is 25.6 Å². The van der Waals surface area contributed by atoms with Gasteiger partial charge in [0, 0.05) is 25.2 Å². The maximum absolute atomic E-state index is 12.0. The van der Waals surface area contributed by atoms with Crippen molar-refractivity contribution in [2.75, 3.05) is 26.2 Å². The molecule has 8 nitrogen and oxygen atoms in total. The number of rotatable bonds is 7. The molecule has 1 aromatic rings. The van der Waals surface area contributed by atoms with Crippen molar-refractivity contribution in [3.05, 3.63) is 29.8 Å². The largest absolute Gasteiger partial charge is 0.507 e. The zero-order valence-electron chi connectivity index (χ0n) is 15.8. The third-order valence-corrected chi connectivity index (χ3v) is 3.09. The number of hydrogen-bond donors (Lipinski definition) is 5. The Hall–Kier alpha value is -2.77. The number of carbonyl (C=O) groups excluding carboxylic acids is 2. The van der Waals surface area contributed by atoms with Crippen molar-refractivity contribution in [2.24, 2.45) is 4.99 Å². The molecule has 0 heterocycles. The first-order valence-electron chi connectivity index (χ1n) is 8.62. The van der Waals surface area contributed by atoms with Crippen LogP contribution in [0.15, 0.2) is 29.3 Å². The van der Waals surface area contributed by atoms with Gasteiger partial charge in [-0.25, -0.2) is 4.99 Å². The van der Waals surface area contributed by atoms with Crippen molar-refractivity contribution in [3.8, 4) is 5.75 Å². The third kappa shape index (κ3) is 8.36. The molecule has 0 fully saturated rings. The summed E-state index contributed by atoms with van der Waals surface area (Å²) in [6.07, 6.45) is 0. The van der Waals surface area contributed by atoms with Gasteiger partial charge in [0.15, 0.2) is 5.96 Å². The molecule has 5 N–H and O–H groups in total. The minimum Gasteiger partial charge on any atom is -0.507 e. The number of nitrogens with zero attached hydrogens (tertiary/aromatic N) is 1. The first-order chi connectivity index (χ1) is 12.2. The van der Waals surface area contributed by atoms with E-state index in [1.165, 1.54) is 6.07 Å². The Kier molecular flexibility index (Phi) is 8.41. The molecule has 144 valence electrons. The lowest BCUT2D eigenvalue weighted by atomic mass is 10.1. The number of aliphatic imine (C=N–C) groups is 1. The topological polar surface area (TPSA) is 115 Å². The van der Waals surface area contributed by atoms with Gasteiger partial charge in [-0.2, -0.15) is 0 Å². The van der Waals surface area contributed by atoms with Crippen molar-refractivity contribution in [2.45, 2.75) is 33.2 Å². The third-order valence-electron chi connectivity index (χ3n) is 3.09. The Balaban J connectivity index is 2.43. The monoisotopic (exact) mass is 363 g/mol. The fourth-order valence-electron chi connectivity index (χ4n) is 2.07. The van der Waals surface area contributed by atoms with E-state index >= 15 is 0 Å². The van der Waals surface area contributed by atoms with Gasteiger partial charge in [0.05, 0.1) is 5.56 Å². The lowest BCUT2D eigenvalue weighted by Gasteiger charge is -2.20. The molecule has 0 aromatic heterocycles. The van der Waals surface area contributed by atoms with Crippen LogP contribution in [-0.4, -0.2) is 54.6 Å². The lowest BCUT2D eigenvalue weighted by molar-refractivity contribution is -0.121. The molecule has 0 saturated carbocycles. The van der Waals surface area contributed by atoms with E-state index in [1.54, 1.807) is 18.2 Å². The average molecular weight is 363 g/mol. The predicted octanol–water partition coefficient (Wildman–Crippen LogP) is 0.592. The number of phenols is 1. The highest BCUT2D eigenvalue weighted by atomic mass is 16.3. The molecule has 0 spiro atoms. The Morgan fingerprint density at radius 3 is 2.35 bits per heavy atom. The van der Waals surface area contributed by atoms with E-state index in [-0.39, 0.29) is 35.2 Å². The van der Waals surface area contributed by atoms with E-state index in [9.17, 15) is 14.7 Å². The molecule has 0 unspecified atom stereocenters. The van der Waals surface area contributed by atoms with Crippen LogP contribution in [0.2, 0.25) is 0 Å². The minimum atomic E-state index is -0.351. The van der Waals surface area contributed by atoms with Crippen molar-refractivity contribution < 1.29 is 14.7 Å². The van der Waals surface area contributed by atoms with Gasteiger partial charge in [0.2, 0.25) is 5.91 Å². The lowest BCUT2D eigenvalue weighted by Crippen LogP contribution is -2.44. The van der Waals surface area contributed by atoms with Gasteiger partial charge in [-0.1, -0.05) is 12.1 Å². The number of guanidine groups is 1. The standard InChI is InChI=1S/C18H29N5O3/c1-5-19-17(22-12-15(25)23-18(2,3)4)21-11-10-20-16(26)13-8-6-7-9-14(13)24/h6-9,24H,5,10-12H2,1-4H3,(H,20,26)(H,23,25)(H2,19,21,22). The van der Waals surface area contributed by atoms with Crippen LogP contribution in [0.3, 0.4) is 0 Å². The zero-order chi connectivity index (χ0) is 19.6. The Morgan fingerprint density at radius 1 is 1.08 bits per heavy atom. The first-order valence-corrected chi connectivity index (χ1v) is 8.62. The second-order valence-corrected chi connectivity index (χ2v) is 6.69. The minimum absolute atomic E-state index is 0.0108. The van der Waals surface area contributed by atoms with Crippen molar-refractivity contribution in [1.29, 1.82) is 0 Å². The fraction of sp³-hybridized carbons (Fsp3) is 0.500. The van der Waals surface area contributed by atoms with Gasteiger partial charge in [-0.15, -0.1) is 0 Å². The van der Waals surface area contributed by atoms with Crippen LogP contribution in [0, 0.1) is 0 Å². The second kappa shape index (κ2) is 10.3. The summed E-state index contributed by atoms with van der Waals surface area (Å²) in [5.74, 6) is -0.0787. The van der Waals surface area contributed by atoms with Crippen molar-refractivity contribution in [3.63, 3.8) is 0 Å². The fourth-order valence-corrected chi connectivity index (χ4v) is 2.07. The van der Waals surface area contributed by atoms with Crippen molar-refractivity contribution >= 4 is 17.8 Å². The molecule has 0 aliphatic carbocycles. The Bertz CT molecular complexity index is 638. The van der Waals surface area contributed by atoms with Gasteiger partial charge < -0.3 is 26.4 Å². The van der Waals surface area contributed by atoms with Gasteiger partial charge in [0.1, 0.15) is 12.3 Å². The smallest absolute Gasteiger partial charge is 0.255 e. The molecule has 0 bridgehead atoms. The van der Waals surface area contributed by atoms with Crippen molar-refractivity contribution in [1.82, 2.24) is 21.3 Å². The summed E-state index contributed by atoms with van der Waals surface area (Å²) >= 11 is 0. The van der Waals surface area contributed by atoms with Crippen LogP contribution in [0.25, 0.3) is 0 Å². The molecule has 1 rings (SSSR count). The zero-order valence-corrected chi connectivity index (χ0v) is 15.8. The molecule has 0 radical (unpaired) electrons. The van der Waals surface area contributed by atoms with Gasteiger partial charge in [-0.05, 0) is 39.8 Å². The average Bonchev–Trinajstić information content (AvgIpc) is 2.55. The molecule has 0 saturated heterocycles. The van der Waals surface area contributed by atoms with Crippen LogP contribution in [0.5, 0.6) is 5.75 Å². The Morgan fingerprint density at radius 2 is 1.73 bits per heavy atom. The van der Waals surface area contributed by atoms with Crippen LogP contribution < -0.4 is 21.3 Å². The van der Waals surface area contributed by atoms with E-state index < -0.39 is 0 Å². The second-order valence-electron chi connectivity index (χ2n) is 6.69. The maximum Gasteiger partial charge on any atom is 0.255 e. The molecule has 1 aromatic carbocycles. The summed E-state index contributed by atoms with van der Waals surface area (Å²) in [6, 6.07) is 6.36. The highest BCUT2D eigenvalue weighted by Gasteiger charge is 2.13. The number of amides is 2. The molecule has 0 aliphatic rings. The number of benzene rings is 1. The van der Waals surface area contributed by atoms with E-state index in [2.05, 4.69) is 26.3 Å². The van der Waals surface area contributed by atoms with Gasteiger partial charge in [0.25, 0.3) is 5.91 Å². The number of hydrogen-bond acceptors (Lipinski definition) is 4. The normalized spacial score (nSPS) is 11.6. The summed E-state index contributed by atoms with van der Waals surface area (Å²) in [4.78, 5) is 28.0. The van der Waals surface area contributed by atoms with Crippen LogP contribution >= 0.6 is 0 Å². The summed E-state index contributed by atoms with van der Waals surface area (Å²) < 4.78 is 0. The SMILES string of the molecule is CCNC(=NCC(=O)NC(C)(C)C)NCCNC(=O)c1ccccc1O. The summed E-state index contributed by atoms with van der Waals surface area (Å²) in [7, 11) is 0. The predicted molar refractivity (Wildman–Crippen MR) is 102 cm³/mol. The number of carbonyl (C=O) groups is 2. The van der Waals surface area contributed by atoms with E-state index in [1.807, 2.05) is 27.7 Å². The molecule has 2 amide bonds. The van der Waals surface area contributed by atoms with Crippen LogP contribution in [-0.2, 0) is 4.79 Å². The summed E-state index contributed by atoms with van der Waals surface area (Å²) in [5, 5.41) is 21.3. The number of nitrogens with one attached hydrogen (secondary N) is 4. The quantitative estimate of drug-likeness (QED) is 0.276. The molecular formula is C18H29N5O3. The first kappa shape index (κ1) is 21.3. The number of phenolic OH excluding ortho intramolecular Hbond substituents is 1. The van der Waals surface area contributed by atoms with E-state index in [0.717, 1.165) is 0 Å². The van der Waals surface area contributed by atoms with Crippen LogP contribution in [0.1, 0.15) is 38.1 Å². The molecule has 8 heteroatoms. The number of para-hydroxylation sites is 1. The summed E-state index contributed by atoms with van der Waals surface area (Å²) in [6.45, 7) is 9.07. The highest BCUT2D eigenvalue weighted by molar-refractivity contribution is 5.96. The van der Waals surface area contributed by atoms with Gasteiger partial charge in [-0.3, -0.25) is 9.59 Å². The van der Waals surface area contributed by atoms with E-state index in [4.69, 9.17) is 0 Å². The number of aromatic hydroxyl groups is 1. The maximum atomic E-state index is 12.0. The molecule has 0 atom stereocenters. The molecule has 26 heavy (non-hydrogen) atoms.